The van der Waals surface area contributed by atoms with Crippen molar-refractivity contribution in [1.82, 2.24) is 0 Å². The Labute approximate surface area is 261 Å². The van der Waals surface area contributed by atoms with Gasteiger partial charge in [0.2, 0.25) is 0 Å². The molecule has 10 heteroatoms. The van der Waals surface area contributed by atoms with Crippen LogP contribution in [0.3, 0.4) is 0 Å². The van der Waals surface area contributed by atoms with E-state index in [1.54, 1.807) is 37.3 Å². The quantitative estimate of drug-likeness (QED) is 0.0705. The molecule has 1 atom stereocenters. The molecule has 3 aromatic carbocycles. The Morgan fingerprint density at radius 3 is 1.98 bits per heavy atom. The maximum Gasteiger partial charge on any atom is 0.343 e. The largest absolute Gasteiger partial charge is 0.490 e. The molecule has 0 heterocycles. The molecule has 4 rings (SSSR count). The van der Waals surface area contributed by atoms with Crippen LogP contribution in [0.15, 0.2) is 85.5 Å². The van der Waals surface area contributed by atoms with E-state index in [1.807, 2.05) is 30.3 Å². The zero-order chi connectivity index (χ0) is 32.3. The third-order valence-electron chi connectivity index (χ3n) is 6.87. The first-order valence-electron chi connectivity index (χ1n) is 14.4. The van der Waals surface area contributed by atoms with Gasteiger partial charge in [-0.1, -0.05) is 32.2 Å². The smallest absolute Gasteiger partial charge is 0.343 e. The Hall–Kier alpha value is -5.38. The summed E-state index contributed by atoms with van der Waals surface area (Å²) >= 11 is 0. The van der Waals surface area contributed by atoms with Crippen LogP contribution in [0.4, 0.5) is 0 Å². The van der Waals surface area contributed by atoms with E-state index in [-0.39, 0.29) is 50.9 Å². The molecule has 0 spiro atoms. The van der Waals surface area contributed by atoms with Crippen LogP contribution in [-0.2, 0) is 28.6 Å². The van der Waals surface area contributed by atoms with Crippen molar-refractivity contribution < 1.29 is 47.6 Å². The lowest BCUT2D eigenvalue weighted by Crippen LogP contribution is -2.16. The zero-order valence-electron chi connectivity index (χ0n) is 25.2. The summed E-state index contributed by atoms with van der Waals surface area (Å²) in [6.45, 7) is 11.2. The molecular formula is C35H34O10. The highest BCUT2D eigenvalue weighted by molar-refractivity contribution is 5.93. The average Bonchev–Trinajstić information content (AvgIpc) is 3.31. The molecule has 0 amide bonds. The molecule has 1 unspecified atom stereocenters. The van der Waals surface area contributed by atoms with E-state index in [1.165, 1.54) is 0 Å². The fourth-order valence-electron chi connectivity index (χ4n) is 4.68. The van der Waals surface area contributed by atoms with E-state index < -0.39 is 23.9 Å². The average molecular weight is 615 g/mol. The lowest BCUT2D eigenvalue weighted by atomic mass is 9.99. The van der Waals surface area contributed by atoms with Gasteiger partial charge in [-0.3, -0.25) is 4.79 Å². The van der Waals surface area contributed by atoms with Crippen molar-refractivity contribution in [3.8, 4) is 28.4 Å². The van der Waals surface area contributed by atoms with Gasteiger partial charge in [0, 0.05) is 17.6 Å². The highest BCUT2D eigenvalue weighted by Gasteiger charge is 2.27. The summed E-state index contributed by atoms with van der Waals surface area (Å²) in [4.78, 5) is 47.4. The second kappa shape index (κ2) is 15.4. The Bertz CT molecular complexity index is 1590. The van der Waals surface area contributed by atoms with Gasteiger partial charge < -0.3 is 28.4 Å². The molecule has 0 aliphatic heterocycles. The second-order valence-corrected chi connectivity index (χ2v) is 9.92. The number of carbonyl (C=O) groups is 4. The molecule has 0 fully saturated rings. The standard InChI is InChI=1S/C35H34O10/c1-5-32(36)43-17-15-41-25-9-7-24(8-10-25)35(39)45-27-12-14-29-28-13-11-26(20-30(28)23(4)31(29)21-27)42-16-18-44-34(38)22(3)19-33(37)40-6-2/h5,7-14,20-21,23H,1,3,6,15-19H2,2,4H3. The van der Waals surface area contributed by atoms with Gasteiger partial charge in [-0.05, 0) is 77.7 Å². The summed E-state index contributed by atoms with van der Waals surface area (Å²) in [5.74, 6) is -0.661. The number of benzene rings is 3. The molecule has 10 nitrogen and oxygen atoms in total. The number of carbonyl (C=O) groups excluding carboxylic acids is 4. The molecule has 45 heavy (non-hydrogen) atoms. The topological polar surface area (TPSA) is 124 Å². The minimum atomic E-state index is -0.673. The minimum Gasteiger partial charge on any atom is -0.490 e. The Balaban J connectivity index is 1.29. The Morgan fingerprint density at radius 2 is 1.33 bits per heavy atom. The van der Waals surface area contributed by atoms with Crippen molar-refractivity contribution in [1.29, 1.82) is 0 Å². The molecule has 0 radical (unpaired) electrons. The van der Waals surface area contributed by atoms with E-state index in [4.69, 9.17) is 28.4 Å². The van der Waals surface area contributed by atoms with Crippen molar-refractivity contribution in [3.05, 3.63) is 102 Å². The SMILES string of the molecule is C=CC(=O)OCCOc1ccc(C(=O)Oc2ccc3c(c2)C(C)c2cc(OCCOC(=O)C(=C)CC(=O)OCC)ccc2-3)cc1. The van der Waals surface area contributed by atoms with Crippen LogP contribution in [0.1, 0.15) is 47.7 Å². The van der Waals surface area contributed by atoms with Gasteiger partial charge in [0.25, 0.3) is 0 Å². The number of hydrogen-bond acceptors (Lipinski definition) is 10. The van der Waals surface area contributed by atoms with Crippen LogP contribution >= 0.6 is 0 Å². The minimum absolute atomic E-state index is 0.00868. The lowest BCUT2D eigenvalue weighted by Gasteiger charge is -2.11. The predicted octanol–water partition coefficient (Wildman–Crippen LogP) is 5.58. The van der Waals surface area contributed by atoms with Crippen molar-refractivity contribution in [2.75, 3.05) is 33.0 Å². The molecule has 1 aliphatic rings. The predicted molar refractivity (Wildman–Crippen MR) is 164 cm³/mol. The second-order valence-electron chi connectivity index (χ2n) is 9.92. The van der Waals surface area contributed by atoms with Crippen molar-refractivity contribution in [2.45, 2.75) is 26.2 Å². The first-order chi connectivity index (χ1) is 21.7. The molecule has 1 aliphatic carbocycles. The molecule has 3 aromatic rings. The van der Waals surface area contributed by atoms with Gasteiger partial charge in [-0.2, -0.15) is 0 Å². The van der Waals surface area contributed by atoms with Crippen LogP contribution in [0, 0.1) is 0 Å². The number of hydrogen-bond donors (Lipinski definition) is 0. The number of fused-ring (bicyclic) bond motifs is 3. The number of rotatable bonds is 15. The maximum atomic E-state index is 12.8. The van der Waals surface area contributed by atoms with Gasteiger partial charge in [-0.25, -0.2) is 14.4 Å². The third kappa shape index (κ3) is 8.60. The summed E-state index contributed by atoms with van der Waals surface area (Å²) in [6.07, 6.45) is 0.857. The third-order valence-corrected chi connectivity index (χ3v) is 6.87. The van der Waals surface area contributed by atoms with Crippen molar-refractivity contribution in [3.63, 3.8) is 0 Å². The van der Waals surface area contributed by atoms with E-state index in [2.05, 4.69) is 20.1 Å². The summed E-state index contributed by atoms with van der Waals surface area (Å²) in [5.41, 5.74) is 4.54. The van der Waals surface area contributed by atoms with E-state index >= 15 is 0 Å². The van der Waals surface area contributed by atoms with Gasteiger partial charge in [0.05, 0.1) is 18.6 Å². The molecule has 0 bridgehead atoms. The van der Waals surface area contributed by atoms with Crippen LogP contribution in [0.2, 0.25) is 0 Å². The number of esters is 4. The lowest BCUT2D eigenvalue weighted by molar-refractivity contribution is -0.146. The number of ether oxygens (including phenoxy) is 6. The monoisotopic (exact) mass is 614 g/mol. The molecule has 0 N–H and O–H groups in total. The van der Waals surface area contributed by atoms with Crippen LogP contribution < -0.4 is 14.2 Å². The first-order valence-corrected chi connectivity index (χ1v) is 14.4. The molecule has 0 saturated carbocycles. The Morgan fingerprint density at radius 1 is 0.756 bits per heavy atom. The van der Waals surface area contributed by atoms with Crippen LogP contribution in [0.25, 0.3) is 11.1 Å². The molecule has 0 saturated heterocycles. The summed E-state index contributed by atoms with van der Waals surface area (Å²) in [5, 5.41) is 0. The van der Waals surface area contributed by atoms with E-state index in [0.717, 1.165) is 28.3 Å². The van der Waals surface area contributed by atoms with Crippen molar-refractivity contribution in [2.24, 2.45) is 0 Å². The fraction of sp³-hybridized carbons (Fsp3) is 0.257. The zero-order valence-corrected chi connectivity index (χ0v) is 25.2. The first kappa shape index (κ1) is 32.5. The highest BCUT2D eigenvalue weighted by atomic mass is 16.6. The van der Waals surface area contributed by atoms with Gasteiger partial charge in [0.15, 0.2) is 0 Å². The van der Waals surface area contributed by atoms with Crippen LogP contribution in [0.5, 0.6) is 17.2 Å². The summed E-state index contributed by atoms with van der Waals surface area (Å²) < 4.78 is 31.8. The van der Waals surface area contributed by atoms with Crippen LogP contribution in [-0.4, -0.2) is 56.9 Å². The summed E-state index contributed by atoms with van der Waals surface area (Å²) in [6, 6.07) is 17.8. The van der Waals surface area contributed by atoms with E-state index in [9.17, 15) is 19.2 Å². The Kier molecular flexibility index (Phi) is 11.1. The van der Waals surface area contributed by atoms with Gasteiger partial charge >= 0.3 is 23.9 Å². The van der Waals surface area contributed by atoms with Gasteiger partial charge in [-0.15, -0.1) is 0 Å². The molecule has 0 aromatic heterocycles. The molecular weight excluding hydrogens is 580 g/mol. The summed E-state index contributed by atoms with van der Waals surface area (Å²) in [7, 11) is 0. The van der Waals surface area contributed by atoms with Crippen molar-refractivity contribution >= 4 is 23.9 Å². The maximum absolute atomic E-state index is 12.8. The van der Waals surface area contributed by atoms with Gasteiger partial charge in [0.1, 0.15) is 43.7 Å². The highest BCUT2D eigenvalue weighted by Crippen LogP contribution is 2.47. The van der Waals surface area contributed by atoms with E-state index in [0.29, 0.717) is 22.8 Å². The normalized spacial score (nSPS) is 12.6. The fourth-order valence-corrected chi connectivity index (χ4v) is 4.68. The molecule has 234 valence electrons.